The van der Waals surface area contributed by atoms with E-state index in [-0.39, 0.29) is 33.6 Å². The van der Waals surface area contributed by atoms with Gasteiger partial charge in [0.1, 0.15) is 30.5 Å². The molecule has 0 saturated carbocycles. The third-order valence-electron chi connectivity index (χ3n) is 7.44. The van der Waals surface area contributed by atoms with Crippen LogP contribution in [0.3, 0.4) is 0 Å². The Hall–Kier alpha value is -4.79. The molecule has 3 aliphatic heterocycles. The number of carbonyl (C=O) groups is 5. The first-order valence-corrected chi connectivity index (χ1v) is 14.4. The normalized spacial score (nSPS) is 25.5. The van der Waals surface area contributed by atoms with Gasteiger partial charge in [-0.05, 0) is 36.4 Å². The minimum atomic E-state index is -1.83. The second-order valence-corrected chi connectivity index (χ2v) is 10.7. The molecular formula is C30H30N4O14. The first kappa shape index (κ1) is 34.5. The Bertz CT molecular complexity index is 1680. The van der Waals surface area contributed by atoms with Crippen LogP contribution in [0, 0.1) is 0 Å². The summed E-state index contributed by atoms with van der Waals surface area (Å²) >= 11 is 0. The summed E-state index contributed by atoms with van der Waals surface area (Å²) < 4.78 is 21.9. The van der Waals surface area contributed by atoms with Gasteiger partial charge in [-0.2, -0.15) is 0 Å². The lowest BCUT2D eigenvalue weighted by Crippen LogP contribution is -2.61. The van der Waals surface area contributed by atoms with Gasteiger partial charge in [0.25, 0.3) is 23.6 Å². The molecule has 1 saturated heterocycles. The van der Waals surface area contributed by atoms with Crippen molar-refractivity contribution in [3.8, 4) is 0 Å². The molecule has 3 heterocycles. The Kier molecular flexibility index (Phi) is 10.5. The predicted molar refractivity (Wildman–Crippen MR) is 159 cm³/mol. The molecule has 4 amide bonds. The van der Waals surface area contributed by atoms with Crippen LogP contribution in [-0.4, -0.2) is 130 Å². The molecule has 3 aliphatic rings. The van der Waals surface area contributed by atoms with Crippen LogP contribution >= 0.6 is 0 Å². The second kappa shape index (κ2) is 14.5. The van der Waals surface area contributed by atoms with Crippen LogP contribution in [0.15, 0.2) is 46.4 Å². The molecular weight excluding hydrogens is 640 g/mol. The summed E-state index contributed by atoms with van der Waals surface area (Å²) in [6.07, 6.45) is -11.0. The molecule has 0 aliphatic carbocycles. The van der Waals surface area contributed by atoms with Gasteiger partial charge in [0.05, 0.1) is 53.1 Å². The van der Waals surface area contributed by atoms with Gasteiger partial charge in [0, 0.05) is 13.1 Å². The molecule has 0 aromatic heterocycles. The van der Waals surface area contributed by atoms with Crippen molar-refractivity contribution >= 4 is 53.4 Å². The topological polar surface area (TPSA) is 272 Å². The van der Waals surface area contributed by atoms with Crippen LogP contribution in [-0.2, 0) is 23.7 Å². The Labute approximate surface area is 270 Å². The van der Waals surface area contributed by atoms with Gasteiger partial charge in [-0.25, -0.2) is 0 Å². The molecule has 18 nitrogen and oxygen atoms in total. The average Bonchev–Trinajstić information content (AvgIpc) is 3.51. The molecule has 254 valence electrons. The van der Waals surface area contributed by atoms with Crippen LogP contribution in [0.5, 0.6) is 0 Å². The lowest BCUT2D eigenvalue weighted by molar-refractivity contribution is -0.315. The SMILES string of the molecule is CC(=O)O[C@H]1[C@@H](O)[C@@H](CO)O[C@@H](O[C@@H](C=Nc2ccc3c(c2)C(=O)NC3=O)[C@@H](CO)O[C@H](O)C=Nc2ccc3c(c2)C(=O)NC3=O)[C@@H]1O. The number of aliphatic hydroxyl groups is 5. The molecule has 1 fully saturated rings. The molecule has 0 bridgehead atoms. The van der Waals surface area contributed by atoms with Crippen molar-refractivity contribution in [2.75, 3.05) is 13.2 Å². The summed E-state index contributed by atoms with van der Waals surface area (Å²) in [5.41, 5.74) is 0.754. The van der Waals surface area contributed by atoms with Crippen LogP contribution in [0.1, 0.15) is 48.4 Å². The van der Waals surface area contributed by atoms with Gasteiger partial charge in [0.15, 0.2) is 18.7 Å². The number of esters is 1. The minimum Gasteiger partial charge on any atom is -0.457 e. The second-order valence-electron chi connectivity index (χ2n) is 10.7. The Morgan fingerprint density at radius 2 is 1.42 bits per heavy atom. The zero-order valence-electron chi connectivity index (χ0n) is 25.0. The monoisotopic (exact) mass is 670 g/mol. The van der Waals surface area contributed by atoms with Crippen molar-refractivity contribution < 1.29 is 68.5 Å². The molecule has 18 heteroatoms. The minimum absolute atomic E-state index is 0.0529. The summed E-state index contributed by atoms with van der Waals surface area (Å²) in [6, 6.07) is 8.19. The fourth-order valence-corrected chi connectivity index (χ4v) is 5.09. The number of fused-ring (bicyclic) bond motifs is 2. The van der Waals surface area contributed by atoms with E-state index < -0.39 is 92.0 Å². The highest BCUT2D eigenvalue weighted by atomic mass is 16.7. The molecule has 5 rings (SSSR count). The number of rotatable bonds is 12. The summed E-state index contributed by atoms with van der Waals surface area (Å²) in [5, 5.41) is 56.2. The van der Waals surface area contributed by atoms with Crippen LogP contribution in [0.25, 0.3) is 0 Å². The quantitative estimate of drug-likeness (QED) is 0.0558. The van der Waals surface area contributed by atoms with Crippen molar-refractivity contribution in [1.29, 1.82) is 0 Å². The summed E-state index contributed by atoms with van der Waals surface area (Å²) in [6.45, 7) is -0.575. The molecule has 0 unspecified atom stereocenters. The number of nitrogens with zero attached hydrogens (tertiary/aromatic N) is 2. The average molecular weight is 671 g/mol. The zero-order valence-corrected chi connectivity index (χ0v) is 25.0. The maximum Gasteiger partial charge on any atom is 0.303 e. The van der Waals surface area contributed by atoms with Gasteiger partial charge in [0.2, 0.25) is 0 Å². The largest absolute Gasteiger partial charge is 0.457 e. The molecule has 0 radical (unpaired) electrons. The molecule has 48 heavy (non-hydrogen) atoms. The van der Waals surface area contributed by atoms with Crippen molar-refractivity contribution in [3.63, 3.8) is 0 Å². The number of aliphatic hydroxyl groups excluding tert-OH is 5. The van der Waals surface area contributed by atoms with Crippen LogP contribution < -0.4 is 10.6 Å². The van der Waals surface area contributed by atoms with Gasteiger partial charge < -0.3 is 44.5 Å². The fourth-order valence-electron chi connectivity index (χ4n) is 5.09. The van der Waals surface area contributed by atoms with E-state index in [1.165, 1.54) is 36.4 Å². The fraction of sp³-hybridized carbons (Fsp3) is 0.367. The Balaban J connectivity index is 1.39. The number of hydrogen-bond donors (Lipinski definition) is 7. The van der Waals surface area contributed by atoms with E-state index in [1.807, 2.05) is 0 Å². The third-order valence-corrected chi connectivity index (χ3v) is 7.44. The number of aliphatic imine (C=N–C) groups is 2. The van der Waals surface area contributed by atoms with Crippen LogP contribution in [0.4, 0.5) is 11.4 Å². The number of benzene rings is 2. The Morgan fingerprint density at radius 1 is 0.875 bits per heavy atom. The number of amides is 4. The lowest BCUT2D eigenvalue weighted by atomic mass is 9.99. The summed E-state index contributed by atoms with van der Waals surface area (Å²) in [7, 11) is 0. The van der Waals surface area contributed by atoms with Gasteiger partial charge >= 0.3 is 5.97 Å². The lowest BCUT2D eigenvalue weighted by Gasteiger charge is -2.42. The molecule has 2 aromatic carbocycles. The van der Waals surface area contributed by atoms with Crippen molar-refractivity contribution in [2.24, 2.45) is 9.98 Å². The summed E-state index contributed by atoms with van der Waals surface area (Å²) in [4.78, 5) is 67.7. The van der Waals surface area contributed by atoms with Crippen molar-refractivity contribution in [1.82, 2.24) is 10.6 Å². The number of imide groups is 2. The van der Waals surface area contributed by atoms with E-state index in [0.29, 0.717) is 0 Å². The van der Waals surface area contributed by atoms with E-state index in [1.54, 1.807) is 0 Å². The highest BCUT2D eigenvalue weighted by molar-refractivity contribution is 6.22. The maximum atomic E-state index is 12.1. The van der Waals surface area contributed by atoms with E-state index in [2.05, 4.69) is 20.6 Å². The predicted octanol–water partition coefficient (Wildman–Crippen LogP) is -1.99. The third kappa shape index (κ3) is 7.35. The molecule has 7 N–H and O–H groups in total. The van der Waals surface area contributed by atoms with E-state index in [0.717, 1.165) is 19.4 Å². The first-order chi connectivity index (χ1) is 22.9. The van der Waals surface area contributed by atoms with E-state index >= 15 is 0 Å². The first-order valence-electron chi connectivity index (χ1n) is 14.4. The highest BCUT2D eigenvalue weighted by Crippen LogP contribution is 2.28. The highest BCUT2D eigenvalue weighted by Gasteiger charge is 2.48. The van der Waals surface area contributed by atoms with E-state index in [4.69, 9.17) is 18.9 Å². The maximum absolute atomic E-state index is 12.1. The van der Waals surface area contributed by atoms with Crippen LogP contribution in [0.2, 0.25) is 0 Å². The molecule has 8 atom stereocenters. The zero-order chi connectivity index (χ0) is 34.7. The van der Waals surface area contributed by atoms with Gasteiger partial charge in [-0.1, -0.05) is 0 Å². The molecule has 2 aromatic rings. The van der Waals surface area contributed by atoms with Gasteiger partial charge in [-0.15, -0.1) is 0 Å². The van der Waals surface area contributed by atoms with Crippen molar-refractivity contribution in [3.05, 3.63) is 58.7 Å². The molecule has 0 spiro atoms. The smallest absolute Gasteiger partial charge is 0.303 e. The van der Waals surface area contributed by atoms with Gasteiger partial charge in [-0.3, -0.25) is 44.6 Å². The number of ether oxygens (including phenoxy) is 4. The van der Waals surface area contributed by atoms with E-state index in [9.17, 15) is 49.5 Å². The summed E-state index contributed by atoms with van der Waals surface area (Å²) in [5.74, 6) is -3.26. The van der Waals surface area contributed by atoms with Crippen molar-refractivity contribution in [2.45, 2.75) is 56.1 Å². The number of hydrogen-bond acceptors (Lipinski definition) is 16. The Morgan fingerprint density at radius 3 is 1.94 bits per heavy atom. The number of carbonyl (C=O) groups excluding carboxylic acids is 5. The standard InChI is InChI=1S/C30H30N4O14/c1-12(37)45-25-23(39)21(11-36)48-30(24(25)40)47-19(8-31-13-2-4-15-17(6-13)28(43)33-26(15)41)20(10-35)46-22(38)9-32-14-3-5-16-18(7-14)29(44)34-27(16)42/h2-9,19-25,30,35-36,38-40H,10-11H2,1H3,(H,33,41,43)(H,34,42,44)/t19-,20+,21+,22-,23-,24+,25-,30+/m0/s1. The number of nitrogens with one attached hydrogen (secondary N) is 2.